The van der Waals surface area contributed by atoms with Gasteiger partial charge in [-0.15, -0.1) is 0 Å². The molecule has 0 aliphatic heterocycles. The molecular formula is C89H102. The highest BCUT2D eigenvalue weighted by atomic mass is 14.2. The van der Waals surface area contributed by atoms with E-state index >= 15 is 0 Å². The Morgan fingerprint density at radius 2 is 0.584 bits per heavy atom. The zero-order chi connectivity index (χ0) is 64.6. The van der Waals surface area contributed by atoms with Gasteiger partial charge < -0.3 is 0 Å². The third-order valence-corrected chi connectivity index (χ3v) is 17.1. The first kappa shape index (κ1) is 68.2. The van der Waals surface area contributed by atoms with Crippen LogP contribution in [-0.4, -0.2) is 0 Å². The standard InChI is InChI=1S/2C19H16.2C15H14.C11H12.5C2H6/c1-12-8-15-6-7-16-10-17-13(2)4-3-5-14(17)11-19(16)18(15)9-12;1-12-7-16-9-13(2)17-10-14-5-3-4-6-15(14)11-19(17)18(16)8-12;1-10-8-12-6-7-13-11(2)4-3-5-14(13)15(12)9-10;1-10-7-12-9-11(2)13-5-3-4-6-14(13)15(12)8-10;1-8-3-4-10-6-9(2)7-11(10)5-8;5*1-2/h3-7,9-11H,8H2,1-2H3;3-6,8-11H,7H2,1-2H3;3-7,9H,8H2,1-2H3;3-6,8-9H,7H2,1-2H3;3-6H,7H2,1-2H3;5*1-2H3. The highest BCUT2D eigenvalue weighted by Gasteiger charge is 2.18. The first-order chi connectivity index (χ1) is 43.2. The van der Waals surface area contributed by atoms with Gasteiger partial charge in [-0.1, -0.05) is 273 Å². The van der Waals surface area contributed by atoms with E-state index in [-0.39, 0.29) is 0 Å². The summed E-state index contributed by atoms with van der Waals surface area (Å²) in [6.07, 6.45) is 17.3. The summed E-state index contributed by atoms with van der Waals surface area (Å²) in [7, 11) is 0. The number of fused-ring (bicyclic) bond motifs is 15. The Labute approximate surface area is 537 Å². The molecule has 16 rings (SSSR count). The van der Waals surface area contributed by atoms with E-state index in [1.54, 1.807) is 0 Å². The molecule has 0 saturated heterocycles. The van der Waals surface area contributed by atoms with Crippen LogP contribution in [0, 0.1) is 34.6 Å². The topological polar surface area (TPSA) is 0 Å². The second-order valence-electron chi connectivity index (χ2n) is 23.7. The second-order valence-corrected chi connectivity index (χ2v) is 23.7. The molecular weight excluding hydrogens is 1070 g/mol. The third-order valence-electron chi connectivity index (χ3n) is 17.1. The van der Waals surface area contributed by atoms with Gasteiger partial charge >= 0.3 is 0 Å². The van der Waals surface area contributed by atoms with Crippen LogP contribution in [0.15, 0.2) is 192 Å². The van der Waals surface area contributed by atoms with Crippen molar-refractivity contribution >= 4 is 95.0 Å². The lowest BCUT2D eigenvalue weighted by atomic mass is 9.94. The van der Waals surface area contributed by atoms with Gasteiger partial charge in [0, 0.05) is 0 Å². The van der Waals surface area contributed by atoms with Crippen LogP contribution in [0.4, 0.5) is 0 Å². The van der Waals surface area contributed by atoms with Gasteiger partial charge in [-0.05, 0) is 268 Å². The fourth-order valence-corrected chi connectivity index (χ4v) is 13.3. The second kappa shape index (κ2) is 31.7. The van der Waals surface area contributed by atoms with Crippen molar-refractivity contribution < 1.29 is 0 Å². The SMILES string of the molecule is CC.CC.CC.CC.CC.CC1=Cc2c(cc(C)c3cc4ccccc4cc23)C1.CC1=Cc2c(cc(C)c3ccccc23)C1.CC1=Cc2c(ccc3c(C)cccc23)C1.CC1=Cc2c(ccc3cc4c(C)cccc4cc23)C1.CC1=Cc2ccc(C)cc2C1. The molecule has 0 bridgehead atoms. The highest BCUT2D eigenvalue weighted by molar-refractivity contribution is 6.06. The Hall–Kier alpha value is -8.32. The van der Waals surface area contributed by atoms with E-state index in [0.717, 1.165) is 32.1 Å². The van der Waals surface area contributed by atoms with Crippen molar-refractivity contribution in [3.05, 3.63) is 275 Å². The molecule has 0 aromatic heterocycles. The largest absolute Gasteiger partial charge is 0.0683 e. The summed E-state index contributed by atoms with van der Waals surface area (Å²) in [5.41, 5.74) is 28.8. The van der Waals surface area contributed by atoms with E-state index in [1.807, 2.05) is 69.2 Å². The summed E-state index contributed by atoms with van der Waals surface area (Å²) in [6.45, 7) is 42.0. The third kappa shape index (κ3) is 15.4. The summed E-state index contributed by atoms with van der Waals surface area (Å²) in [5, 5.41) is 16.5. The Kier molecular flexibility index (Phi) is 24.3. The number of allylic oxidation sites excluding steroid dienone is 5. The van der Waals surface area contributed by atoms with Crippen molar-refractivity contribution in [2.24, 2.45) is 0 Å². The number of hydrogen-bond donors (Lipinski definition) is 0. The van der Waals surface area contributed by atoms with E-state index in [2.05, 4.69) is 263 Å². The molecule has 89 heavy (non-hydrogen) atoms. The lowest BCUT2D eigenvalue weighted by Gasteiger charge is -2.10. The van der Waals surface area contributed by atoms with E-state index in [9.17, 15) is 0 Å². The minimum absolute atomic E-state index is 1.11. The van der Waals surface area contributed by atoms with Crippen molar-refractivity contribution in [1.82, 2.24) is 0 Å². The Bertz CT molecular complexity index is 4460. The molecule has 11 aromatic rings. The fraction of sp³-hybridized carbons (Fsp3) is 0.281. The Balaban J connectivity index is 0.000000154. The van der Waals surface area contributed by atoms with Crippen LogP contribution in [0.25, 0.3) is 95.0 Å². The van der Waals surface area contributed by atoms with Crippen LogP contribution in [0.1, 0.15) is 187 Å². The average molecular weight is 1170 g/mol. The molecule has 0 N–H and O–H groups in total. The first-order valence-corrected chi connectivity index (χ1v) is 33.6. The lowest BCUT2D eigenvalue weighted by molar-refractivity contribution is 1.19. The highest BCUT2D eigenvalue weighted by Crippen LogP contribution is 2.39. The van der Waals surface area contributed by atoms with Crippen LogP contribution in [0.3, 0.4) is 0 Å². The van der Waals surface area contributed by atoms with Crippen LogP contribution < -0.4 is 0 Å². The number of hydrogen-bond acceptors (Lipinski definition) is 0. The predicted molar refractivity (Wildman–Crippen MR) is 404 cm³/mol. The summed E-state index contributed by atoms with van der Waals surface area (Å²) in [5.74, 6) is 0. The first-order valence-electron chi connectivity index (χ1n) is 33.6. The number of aryl methyl sites for hydroxylation is 5. The molecule has 0 spiro atoms. The molecule has 0 nitrogen and oxygen atoms in total. The van der Waals surface area contributed by atoms with Crippen molar-refractivity contribution in [2.75, 3.05) is 0 Å². The monoisotopic (exact) mass is 1170 g/mol. The molecule has 5 aliphatic carbocycles. The fourth-order valence-electron chi connectivity index (χ4n) is 13.3. The van der Waals surface area contributed by atoms with Crippen LogP contribution in [-0.2, 0) is 32.1 Å². The summed E-state index contributed by atoms with van der Waals surface area (Å²) >= 11 is 0. The molecule has 0 amide bonds. The smallest absolute Gasteiger partial charge is 0.00603 e. The molecule has 0 radical (unpaired) electrons. The minimum Gasteiger partial charge on any atom is -0.0683 e. The molecule has 0 heterocycles. The Morgan fingerprint density at radius 3 is 1.17 bits per heavy atom. The van der Waals surface area contributed by atoms with Crippen molar-refractivity contribution in [3.63, 3.8) is 0 Å². The lowest BCUT2D eigenvalue weighted by Crippen LogP contribution is -1.89. The van der Waals surface area contributed by atoms with E-state index in [4.69, 9.17) is 0 Å². The normalized spacial score (nSPS) is 12.8. The van der Waals surface area contributed by atoms with Gasteiger partial charge in [-0.25, -0.2) is 0 Å². The van der Waals surface area contributed by atoms with Gasteiger partial charge in [0.1, 0.15) is 0 Å². The summed E-state index contributed by atoms with van der Waals surface area (Å²) in [4.78, 5) is 0. The van der Waals surface area contributed by atoms with Gasteiger partial charge in [-0.2, -0.15) is 0 Å². The molecule has 0 fully saturated rings. The van der Waals surface area contributed by atoms with Gasteiger partial charge in [0.05, 0.1) is 0 Å². The van der Waals surface area contributed by atoms with Crippen molar-refractivity contribution in [3.8, 4) is 0 Å². The van der Waals surface area contributed by atoms with Crippen LogP contribution in [0.2, 0.25) is 0 Å². The maximum atomic E-state index is 2.36. The zero-order valence-corrected chi connectivity index (χ0v) is 58.0. The van der Waals surface area contributed by atoms with Crippen LogP contribution >= 0.6 is 0 Å². The van der Waals surface area contributed by atoms with Gasteiger partial charge in [0.15, 0.2) is 0 Å². The molecule has 0 saturated carbocycles. The molecule has 11 aromatic carbocycles. The summed E-state index contributed by atoms with van der Waals surface area (Å²) in [6, 6.07) is 60.3. The van der Waals surface area contributed by atoms with Gasteiger partial charge in [-0.3, -0.25) is 0 Å². The summed E-state index contributed by atoms with van der Waals surface area (Å²) < 4.78 is 0. The van der Waals surface area contributed by atoms with E-state index in [0.29, 0.717) is 0 Å². The maximum Gasteiger partial charge on any atom is -0.00603 e. The van der Waals surface area contributed by atoms with Gasteiger partial charge in [0.2, 0.25) is 0 Å². The minimum atomic E-state index is 1.11. The van der Waals surface area contributed by atoms with E-state index < -0.39 is 0 Å². The molecule has 0 heteroatoms. The Morgan fingerprint density at radius 1 is 0.213 bits per heavy atom. The van der Waals surface area contributed by atoms with Crippen molar-refractivity contribution in [2.45, 2.75) is 171 Å². The quantitative estimate of drug-likeness (QED) is 0.133. The zero-order valence-electron chi connectivity index (χ0n) is 58.0. The van der Waals surface area contributed by atoms with Crippen molar-refractivity contribution in [1.29, 1.82) is 0 Å². The average Bonchev–Trinajstić information content (AvgIpc) is 2.31. The molecule has 0 atom stereocenters. The molecule has 0 unspecified atom stereocenters. The van der Waals surface area contributed by atoms with Gasteiger partial charge in [0.25, 0.3) is 0 Å². The molecule has 5 aliphatic rings. The predicted octanol–water partition coefficient (Wildman–Crippen LogP) is 26.8. The number of benzene rings is 11. The van der Waals surface area contributed by atoms with E-state index in [1.165, 1.54) is 176 Å². The molecule has 458 valence electrons. The number of rotatable bonds is 0. The van der Waals surface area contributed by atoms with Crippen LogP contribution in [0.5, 0.6) is 0 Å². The maximum absolute atomic E-state index is 2.36.